The SMILES string of the molecule is CN(C)c1ccc(C(Cl)CN2CCN(CCO)CC2)cc1. The van der Waals surface area contributed by atoms with Gasteiger partial charge in [-0.1, -0.05) is 12.1 Å². The number of halogens is 1. The molecule has 1 aliphatic rings. The van der Waals surface area contributed by atoms with Gasteiger partial charge >= 0.3 is 0 Å². The molecular formula is C16H26ClN3O. The van der Waals surface area contributed by atoms with Gasteiger partial charge in [-0.2, -0.15) is 0 Å². The fraction of sp³-hybridized carbons (Fsp3) is 0.625. The minimum atomic E-state index is 0.0330. The molecule has 0 radical (unpaired) electrons. The summed E-state index contributed by atoms with van der Waals surface area (Å²) in [7, 11) is 4.08. The molecule has 2 rings (SSSR count). The summed E-state index contributed by atoms with van der Waals surface area (Å²) in [5.41, 5.74) is 2.38. The number of piperazine rings is 1. The first-order chi connectivity index (χ1) is 10.1. The van der Waals surface area contributed by atoms with Crippen LogP contribution in [0.25, 0.3) is 0 Å². The van der Waals surface area contributed by atoms with Crippen molar-refractivity contribution in [2.75, 3.05) is 64.9 Å². The van der Waals surface area contributed by atoms with Crippen molar-refractivity contribution in [3.63, 3.8) is 0 Å². The second-order valence-corrected chi connectivity index (χ2v) is 6.35. The number of rotatable bonds is 6. The molecule has 0 spiro atoms. The summed E-state index contributed by atoms with van der Waals surface area (Å²) in [6.07, 6.45) is 0. The summed E-state index contributed by atoms with van der Waals surface area (Å²) < 4.78 is 0. The third-order valence-electron chi connectivity index (χ3n) is 4.07. The molecule has 0 aliphatic carbocycles. The van der Waals surface area contributed by atoms with Crippen LogP contribution in [0.15, 0.2) is 24.3 Å². The molecule has 1 fully saturated rings. The quantitative estimate of drug-likeness (QED) is 0.809. The standard InChI is InChI=1S/C16H26ClN3O/c1-18(2)15-5-3-14(4-6-15)16(17)13-20-9-7-19(8-10-20)11-12-21/h3-6,16,21H,7-13H2,1-2H3. The van der Waals surface area contributed by atoms with E-state index in [-0.39, 0.29) is 12.0 Å². The van der Waals surface area contributed by atoms with E-state index in [0.717, 1.165) is 39.3 Å². The average Bonchev–Trinajstić information content (AvgIpc) is 2.49. The van der Waals surface area contributed by atoms with Gasteiger partial charge in [0.05, 0.1) is 12.0 Å². The molecule has 0 aromatic heterocycles. The van der Waals surface area contributed by atoms with Crippen molar-refractivity contribution < 1.29 is 5.11 Å². The minimum absolute atomic E-state index is 0.0330. The normalized spacial score (nSPS) is 18.7. The number of aliphatic hydroxyl groups is 1. The number of anilines is 1. The maximum absolute atomic E-state index is 8.96. The van der Waals surface area contributed by atoms with E-state index >= 15 is 0 Å². The number of aliphatic hydroxyl groups excluding tert-OH is 1. The number of alkyl halides is 1. The second-order valence-electron chi connectivity index (χ2n) is 5.82. The molecule has 4 nitrogen and oxygen atoms in total. The molecule has 0 saturated carbocycles. The zero-order valence-electron chi connectivity index (χ0n) is 13.0. The summed E-state index contributed by atoms with van der Waals surface area (Å²) in [5, 5.41) is 8.99. The number of nitrogens with zero attached hydrogens (tertiary/aromatic N) is 3. The van der Waals surface area contributed by atoms with E-state index < -0.39 is 0 Å². The predicted molar refractivity (Wildman–Crippen MR) is 89.3 cm³/mol. The van der Waals surface area contributed by atoms with E-state index in [9.17, 15) is 0 Å². The molecule has 0 amide bonds. The Kier molecular flexibility index (Phi) is 6.30. The first kappa shape index (κ1) is 16.6. The Morgan fingerprint density at radius 3 is 2.19 bits per heavy atom. The third-order valence-corrected chi connectivity index (χ3v) is 4.46. The van der Waals surface area contributed by atoms with Gasteiger partial charge in [0, 0.05) is 59.1 Å². The van der Waals surface area contributed by atoms with Crippen molar-refractivity contribution in [1.82, 2.24) is 9.80 Å². The van der Waals surface area contributed by atoms with E-state index in [4.69, 9.17) is 16.7 Å². The molecule has 1 heterocycles. The van der Waals surface area contributed by atoms with E-state index in [2.05, 4.69) is 39.0 Å². The Morgan fingerprint density at radius 1 is 1.10 bits per heavy atom. The van der Waals surface area contributed by atoms with Gasteiger partial charge in [-0.05, 0) is 17.7 Å². The number of β-amino-alcohol motifs (C(OH)–C–C–N with tert-alkyl or cyclic N) is 1. The van der Waals surface area contributed by atoms with Gasteiger partial charge in [0.15, 0.2) is 0 Å². The van der Waals surface area contributed by atoms with Gasteiger partial charge in [-0.15, -0.1) is 11.6 Å². The van der Waals surface area contributed by atoms with Crippen LogP contribution in [0.1, 0.15) is 10.9 Å². The first-order valence-corrected chi connectivity index (χ1v) is 8.00. The molecule has 5 heteroatoms. The molecule has 1 N–H and O–H groups in total. The van der Waals surface area contributed by atoms with Crippen LogP contribution in [0.3, 0.4) is 0 Å². The molecule has 1 aliphatic heterocycles. The Hall–Kier alpha value is -0.810. The fourth-order valence-electron chi connectivity index (χ4n) is 2.65. The molecule has 0 bridgehead atoms. The average molecular weight is 312 g/mol. The Labute approximate surface area is 132 Å². The van der Waals surface area contributed by atoms with Crippen molar-refractivity contribution >= 4 is 17.3 Å². The molecule has 1 saturated heterocycles. The Morgan fingerprint density at radius 2 is 1.67 bits per heavy atom. The van der Waals surface area contributed by atoms with Crippen LogP contribution in [-0.4, -0.2) is 74.9 Å². The van der Waals surface area contributed by atoms with E-state index in [0.29, 0.717) is 0 Å². The summed E-state index contributed by atoms with van der Waals surface area (Å²) >= 11 is 6.56. The summed E-state index contributed by atoms with van der Waals surface area (Å²) in [6.45, 7) is 6.00. The van der Waals surface area contributed by atoms with Crippen LogP contribution in [0.5, 0.6) is 0 Å². The van der Waals surface area contributed by atoms with Crippen molar-refractivity contribution in [2.45, 2.75) is 5.38 Å². The van der Waals surface area contributed by atoms with Crippen molar-refractivity contribution in [2.24, 2.45) is 0 Å². The summed E-state index contributed by atoms with van der Waals surface area (Å²) in [5.74, 6) is 0. The largest absolute Gasteiger partial charge is 0.395 e. The van der Waals surface area contributed by atoms with Gasteiger partial charge < -0.3 is 10.0 Å². The Bertz CT molecular complexity index is 416. The van der Waals surface area contributed by atoms with Crippen LogP contribution in [0.4, 0.5) is 5.69 Å². The molecule has 1 unspecified atom stereocenters. The molecule has 1 atom stereocenters. The van der Waals surface area contributed by atoms with Crippen LogP contribution in [-0.2, 0) is 0 Å². The van der Waals surface area contributed by atoms with Crippen molar-refractivity contribution in [3.05, 3.63) is 29.8 Å². The van der Waals surface area contributed by atoms with Gasteiger partial charge in [-0.25, -0.2) is 0 Å². The Balaban J connectivity index is 1.83. The van der Waals surface area contributed by atoms with Gasteiger partial charge in [0.2, 0.25) is 0 Å². The van der Waals surface area contributed by atoms with E-state index in [1.54, 1.807) is 0 Å². The van der Waals surface area contributed by atoms with Crippen LogP contribution >= 0.6 is 11.6 Å². The molecule has 21 heavy (non-hydrogen) atoms. The fourth-order valence-corrected chi connectivity index (χ4v) is 2.99. The zero-order chi connectivity index (χ0) is 15.2. The maximum atomic E-state index is 8.96. The second kappa shape index (κ2) is 7.99. The lowest BCUT2D eigenvalue weighted by atomic mass is 10.1. The number of benzene rings is 1. The lowest BCUT2D eigenvalue weighted by Gasteiger charge is -2.35. The van der Waals surface area contributed by atoms with E-state index in [1.807, 2.05) is 14.1 Å². The lowest BCUT2D eigenvalue weighted by molar-refractivity contribution is 0.112. The minimum Gasteiger partial charge on any atom is -0.395 e. The smallest absolute Gasteiger partial charge is 0.0712 e. The highest BCUT2D eigenvalue weighted by Crippen LogP contribution is 2.24. The van der Waals surface area contributed by atoms with E-state index in [1.165, 1.54) is 11.3 Å². The molecule has 1 aromatic rings. The predicted octanol–water partition coefficient (Wildman–Crippen LogP) is 1.64. The summed E-state index contributed by atoms with van der Waals surface area (Å²) in [4.78, 5) is 6.80. The van der Waals surface area contributed by atoms with Crippen LogP contribution < -0.4 is 4.90 Å². The third kappa shape index (κ3) is 4.85. The van der Waals surface area contributed by atoms with Crippen molar-refractivity contribution in [1.29, 1.82) is 0 Å². The topological polar surface area (TPSA) is 30.0 Å². The zero-order valence-corrected chi connectivity index (χ0v) is 13.8. The van der Waals surface area contributed by atoms with Crippen molar-refractivity contribution in [3.8, 4) is 0 Å². The van der Waals surface area contributed by atoms with Gasteiger partial charge in [0.1, 0.15) is 0 Å². The monoisotopic (exact) mass is 311 g/mol. The maximum Gasteiger partial charge on any atom is 0.0712 e. The highest BCUT2D eigenvalue weighted by atomic mass is 35.5. The molecule has 1 aromatic carbocycles. The highest BCUT2D eigenvalue weighted by molar-refractivity contribution is 6.21. The molecule has 118 valence electrons. The lowest BCUT2D eigenvalue weighted by Crippen LogP contribution is -2.47. The van der Waals surface area contributed by atoms with Crippen LogP contribution in [0.2, 0.25) is 0 Å². The van der Waals surface area contributed by atoms with Gasteiger partial charge in [-0.3, -0.25) is 9.80 Å². The number of hydrogen-bond acceptors (Lipinski definition) is 4. The first-order valence-electron chi connectivity index (χ1n) is 7.57. The van der Waals surface area contributed by atoms with Gasteiger partial charge in [0.25, 0.3) is 0 Å². The number of hydrogen-bond donors (Lipinski definition) is 1. The van der Waals surface area contributed by atoms with Crippen LogP contribution in [0, 0.1) is 0 Å². The molecular weight excluding hydrogens is 286 g/mol. The summed E-state index contributed by atoms with van der Waals surface area (Å²) in [6, 6.07) is 8.47. The highest BCUT2D eigenvalue weighted by Gasteiger charge is 2.19.